The first-order valence-corrected chi connectivity index (χ1v) is 14.2. The summed E-state index contributed by atoms with van der Waals surface area (Å²) >= 11 is 0. The van der Waals surface area contributed by atoms with Gasteiger partial charge in [-0.15, -0.1) is 0 Å². The number of ether oxygens (including phenoxy) is 1. The van der Waals surface area contributed by atoms with Gasteiger partial charge in [-0.3, -0.25) is 9.59 Å². The van der Waals surface area contributed by atoms with Crippen LogP contribution >= 0.6 is 0 Å². The average Bonchev–Trinajstić information content (AvgIpc) is 3.77. The molecule has 0 atom stereocenters. The summed E-state index contributed by atoms with van der Waals surface area (Å²) in [6.07, 6.45) is 2.76. The van der Waals surface area contributed by atoms with Gasteiger partial charge in [0.15, 0.2) is 11.4 Å². The van der Waals surface area contributed by atoms with E-state index < -0.39 is 5.82 Å². The van der Waals surface area contributed by atoms with Gasteiger partial charge in [-0.2, -0.15) is 0 Å². The van der Waals surface area contributed by atoms with Gasteiger partial charge in [-0.1, -0.05) is 35.9 Å². The van der Waals surface area contributed by atoms with E-state index in [1.807, 2.05) is 37.3 Å². The van der Waals surface area contributed by atoms with Gasteiger partial charge >= 0.3 is 0 Å². The van der Waals surface area contributed by atoms with E-state index in [1.54, 1.807) is 42.4 Å². The molecule has 0 bridgehead atoms. The lowest BCUT2D eigenvalue weighted by Gasteiger charge is -2.20. The van der Waals surface area contributed by atoms with E-state index in [0.29, 0.717) is 64.1 Å². The van der Waals surface area contributed by atoms with Crippen LogP contribution in [0.3, 0.4) is 0 Å². The van der Waals surface area contributed by atoms with E-state index in [0.717, 1.165) is 11.1 Å². The fourth-order valence-electron chi connectivity index (χ4n) is 5.69. The van der Waals surface area contributed by atoms with Crippen LogP contribution in [0, 0.1) is 12.7 Å². The summed E-state index contributed by atoms with van der Waals surface area (Å²) in [7, 11) is 3.05. The zero-order valence-corrected chi connectivity index (χ0v) is 24.2. The Hall–Kier alpha value is -5.51. The SMILES string of the molecule is CNC(=O)c1c(-c2ccc(C)cc2)oc2cc(N3CCCC3=O)c(-c3cnc(OC)c(-c4nc5c(F)cccc5o4)c3)cc12. The Morgan fingerprint density at radius 3 is 2.55 bits per heavy atom. The fraction of sp³-hybridized carbons (Fsp3) is 0.176. The monoisotopic (exact) mass is 590 g/mol. The lowest BCUT2D eigenvalue weighted by atomic mass is 9.97. The predicted octanol–water partition coefficient (Wildman–Crippen LogP) is 6.91. The molecule has 0 aliphatic carbocycles. The molecule has 1 N–H and O–H groups in total. The Labute approximate surface area is 251 Å². The maximum Gasteiger partial charge on any atom is 0.255 e. The number of halogens is 1. The Morgan fingerprint density at radius 2 is 1.84 bits per heavy atom. The van der Waals surface area contributed by atoms with Crippen molar-refractivity contribution in [2.24, 2.45) is 0 Å². The molecule has 9 nitrogen and oxygen atoms in total. The Kier molecular flexibility index (Phi) is 6.61. The molecule has 1 saturated heterocycles. The van der Waals surface area contributed by atoms with Crippen LogP contribution in [0.25, 0.3) is 56.0 Å². The molecule has 0 radical (unpaired) electrons. The number of hydrogen-bond acceptors (Lipinski definition) is 7. The van der Waals surface area contributed by atoms with Crippen molar-refractivity contribution in [3.63, 3.8) is 0 Å². The minimum atomic E-state index is -0.507. The summed E-state index contributed by atoms with van der Waals surface area (Å²) < 4.78 is 32.3. The molecule has 6 aromatic rings. The number of rotatable bonds is 6. The van der Waals surface area contributed by atoms with Gasteiger partial charge in [0.05, 0.1) is 23.9 Å². The maximum atomic E-state index is 14.5. The van der Waals surface area contributed by atoms with Crippen molar-refractivity contribution in [2.75, 3.05) is 25.6 Å². The first kappa shape index (κ1) is 27.3. The van der Waals surface area contributed by atoms with Crippen LogP contribution in [0.5, 0.6) is 5.88 Å². The first-order valence-electron chi connectivity index (χ1n) is 14.2. The second-order valence-corrected chi connectivity index (χ2v) is 10.7. The number of carbonyl (C=O) groups is 2. The molecule has 44 heavy (non-hydrogen) atoms. The van der Waals surface area contributed by atoms with Crippen LogP contribution in [-0.2, 0) is 4.79 Å². The normalized spacial score (nSPS) is 13.3. The van der Waals surface area contributed by atoms with Crippen LogP contribution in [0.2, 0.25) is 0 Å². The zero-order valence-electron chi connectivity index (χ0n) is 24.2. The van der Waals surface area contributed by atoms with Crippen molar-refractivity contribution in [2.45, 2.75) is 19.8 Å². The number of benzene rings is 3. The van der Waals surface area contributed by atoms with Gasteiger partial charge in [0.1, 0.15) is 16.9 Å². The second kappa shape index (κ2) is 10.6. The molecular formula is C34H27FN4O5. The van der Waals surface area contributed by atoms with Crippen molar-refractivity contribution < 1.29 is 27.6 Å². The smallest absolute Gasteiger partial charge is 0.255 e. The van der Waals surface area contributed by atoms with Gasteiger partial charge < -0.3 is 23.8 Å². The van der Waals surface area contributed by atoms with Crippen LogP contribution in [0.4, 0.5) is 10.1 Å². The molecule has 1 aliphatic rings. The number of fused-ring (bicyclic) bond motifs is 2. The largest absolute Gasteiger partial charge is 0.480 e. The summed E-state index contributed by atoms with van der Waals surface area (Å²) in [6, 6.07) is 17.7. The van der Waals surface area contributed by atoms with Gasteiger partial charge in [0.25, 0.3) is 5.91 Å². The third-order valence-electron chi connectivity index (χ3n) is 7.89. The number of amides is 2. The number of pyridine rings is 1. The molecule has 1 aliphatic heterocycles. The zero-order chi connectivity index (χ0) is 30.5. The molecular weight excluding hydrogens is 563 g/mol. The Balaban J connectivity index is 1.48. The highest BCUT2D eigenvalue weighted by atomic mass is 19.1. The van der Waals surface area contributed by atoms with Crippen LogP contribution < -0.4 is 15.0 Å². The molecule has 10 heteroatoms. The number of aryl methyl sites for hydroxylation is 1. The van der Waals surface area contributed by atoms with Crippen molar-refractivity contribution in [1.29, 1.82) is 0 Å². The van der Waals surface area contributed by atoms with Crippen molar-refractivity contribution >= 4 is 39.6 Å². The van der Waals surface area contributed by atoms with E-state index in [2.05, 4.69) is 15.3 Å². The minimum Gasteiger partial charge on any atom is -0.480 e. The maximum absolute atomic E-state index is 14.5. The number of anilines is 1. The van der Waals surface area contributed by atoms with E-state index in [9.17, 15) is 14.0 Å². The fourth-order valence-corrected chi connectivity index (χ4v) is 5.69. The van der Waals surface area contributed by atoms with Gasteiger partial charge in [0, 0.05) is 54.4 Å². The van der Waals surface area contributed by atoms with Crippen molar-refractivity contribution in [3.8, 4) is 39.8 Å². The molecule has 220 valence electrons. The number of aromatic nitrogens is 2. The number of furan rings is 1. The standard InChI is InChI=1S/C34H27FN4O5/c1-18-9-11-19(12-10-18)31-29(32(41)36-2)22-15-21(25(16-27(22)43-31)39-13-5-8-28(39)40)20-14-23(33(42-3)37-17-20)34-38-30-24(35)6-4-7-26(30)44-34/h4,6-7,9-12,14-17H,5,8,13H2,1-3H3,(H,36,41). The molecule has 0 unspecified atom stereocenters. The Bertz CT molecular complexity index is 2100. The lowest BCUT2D eigenvalue weighted by molar-refractivity contribution is -0.117. The third-order valence-corrected chi connectivity index (χ3v) is 7.89. The van der Waals surface area contributed by atoms with Crippen molar-refractivity contribution in [3.05, 3.63) is 83.8 Å². The number of carbonyl (C=O) groups excluding carboxylic acids is 2. The van der Waals surface area contributed by atoms with E-state index in [-0.39, 0.29) is 34.7 Å². The van der Waals surface area contributed by atoms with Gasteiger partial charge in [-0.05, 0) is 37.6 Å². The summed E-state index contributed by atoms with van der Waals surface area (Å²) in [5.74, 6) is -0.0381. The summed E-state index contributed by atoms with van der Waals surface area (Å²) in [5, 5.41) is 3.31. The number of nitrogens with one attached hydrogen (secondary N) is 1. The molecule has 3 aromatic heterocycles. The molecule has 0 saturated carbocycles. The highest BCUT2D eigenvalue weighted by Gasteiger charge is 2.29. The van der Waals surface area contributed by atoms with E-state index in [1.165, 1.54) is 13.2 Å². The van der Waals surface area contributed by atoms with E-state index in [4.69, 9.17) is 13.6 Å². The number of methoxy groups -OCH3 is 1. The summed E-state index contributed by atoms with van der Waals surface area (Å²) in [4.78, 5) is 37.0. The number of oxazole rings is 1. The summed E-state index contributed by atoms with van der Waals surface area (Å²) in [6.45, 7) is 2.52. The lowest BCUT2D eigenvalue weighted by Crippen LogP contribution is -2.24. The number of nitrogens with zero attached hydrogens (tertiary/aromatic N) is 3. The van der Waals surface area contributed by atoms with Gasteiger partial charge in [-0.25, -0.2) is 14.4 Å². The summed E-state index contributed by atoms with van der Waals surface area (Å²) in [5.41, 5.74) is 5.33. The van der Waals surface area contributed by atoms with Crippen LogP contribution in [-0.4, -0.2) is 42.5 Å². The molecule has 1 fully saturated rings. The minimum absolute atomic E-state index is 0.0152. The molecule has 3 aromatic carbocycles. The second-order valence-electron chi connectivity index (χ2n) is 10.7. The number of para-hydroxylation sites is 1. The van der Waals surface area contributed by atoms with Crippen LogP contribution in [0.15, 0.2) is 75.7 Å². The third kappa shape index (κ3) is 4.46. The van der Waals surface area contributed by atoms with Crippen molar-refractivity contribution in [1.82, 2.24) is 15.3 Å². The molecule has 7 rings (SSSR count). The quantitative estimate of drug-likeness (QED) is 0.224. The number of hydrogen-bond donors (Lipinski definition) is 1. The average molecular weight is 591 g/mol. The Morgan fingerprint density at radius 1 is 1.02 bits per heavy atom. The molecule has 0 spiro atoms. The topological polar surface area (TPSA) is 111 Å². The first-order chi connectivity index (χ1) is 21.4. The highest BCUT2D eigenvalue weighted by molar-refractivity contribution is 6.14. The highest BCUT2D eigenvalue weighted by Crippen LogP contribution is 2.43. The van der Waals surface area contributed by atoms with E-state index >= 15 is 0 Å². The van der Waals surface area contributed by atoms with Gasteiger partial charge in [0.2, 0.25) is 17.7 Å². The predicted molar refractivity (Wildman–Crippen MR) is 164 cm³/mol. The molecule has 2 amide bonds. The molecule has 4 heterocycles. The van der Waals surface area contributed by atoms with Crippen LogP contribution in [0.1, 0.15) is 28.8 Å².